The molecule has 4 atom stereocenters. The molecule has 0 saturated carbocycles. The SMILES string of the molecule is CC(C)OC(=O)[C@H](CCCNC(=N)N[N+](=O)[O-])NC(=O)[C@@H]1CCCN1C(=O)CNC(=O)[C@@H]1CCCN1C(=O)[C@@H](N)C(C)C.Cl. The summed E-state index contributed by atoms with van der Waals surface area (Å²) in [5.41, 5.74) is 7.66. The van der Waals surface area contributed by atoms with Crippen molar-refractivity contribution in [2.24, 2.45) is 11.7 Å². The summed E-state index contributed by atoms with van der Waals surface area (Å²) in [4.78, 5) is 77.9. The number of likely N-dealkylation sites (tertiary alicyclic amines) is 2. The van der Waals surface area contributed by atoms with Crippen molar-refractivity contribution in [3.8, 4) is 0 Å². The Bertz CT molecular complexity index is 1060. The van der Waals surface area contributed by atoms with E-state index in [-0.39, 0.29) is 50.2 Å². The van der Waals surface area contributed by atoms with E-state index in [2.05, 4.69) is 16.0 Å². The molecule has 0 aromatic heterocycles. The first-order valence-corrected chi connectivity index (χ1v) is 14.6. The molecular weight excluding hydrogens is 602 g/mol. The maximum atomic E-state index is 13.2. The van der Waals surface area contributed by atoms with Crippen LogP contribution in [0.25, 0.3) is 0 Å². The number of nitro groups is 1. The third kappa shape index (κ3) is 11.4. The number of esters is 1. The molecule has 0 spiro atoms. The molecule has 2 fully saturated rings. The Hall–Kier alpha value is -3.73. The Balaban J connectivity index is 0.00000968. The molecule has 18 heteroatoms. The molecule has 0 radical (unpaired) electrons. The number of hydrogen-bond donors (Lipinski definition) is 6. The fourth-order valence-electron chi connectivity index (χ4n) is 4.98. The van der Waals surface area contributed by atoms with Crippen molar-refractivity contribution in [3.63, 3.8) is 0 Å². The number of hydrogen-bond acceptors (Lipinski definition) is 10. The highest BCUT2D eigenvalue weighted by molar-refractivity contribution is 5.94. The van der Waals surface area contributed by atoms with E-state index in [0.29, 0.717) is 38.8 Å². The number of ether oxygens (including phenoxy) is 1. The zero-order valence-electron chi connectivity index (χ0n) is 25.6. The fraction of sp³-hybridized carbons (Fsp3) is 0.769. The monoisotopic (exact) mass is 647 g/mol. The minimum atomic E-state index is -1.05. The van der Waals surface area contributed by atoms with Gasteiger partial charge in [-0.2, -0.15) is 0 Å². The highest BCUT2D eigenvalue weighted by Crippen LogP contribution is 2.21. The van der Waals surface area contributed by atoms with Crippen molar-refractivity contribution < 1.29 is 33.7 Å². The number of rotatable bonds is 14. The van der Waals surface area contributed by atoms with Crippen LogP contribution in [0.15, 0.2) is 0 Å². The summed E-state index contributed by atoms with van der Waals surface area (Å²) in [6.07, 6.45) is 1.95. The topological polar surface area (TPSA) is 242 Å². The number of carbonyl (C=O) groups excluding carboxylic acids is 5. The van der Waals surface area contributed by atoms with Gasteiger partial charge in [-0.15, -0.1) is 12.4 Å². The molecule has 2 heterocycles. The van der Waals surface area contributed by atoms with Gasteiger partial charge in [-0.25, -0.2) is 14.9 Å². The highest BCUT2D eigenvalue weighted by Gasteiger charge is 2.39. The van der Waals surface area contributed by atoms with Crippen LogP contribution in [0.2, 0.25) is 0 Å². The van der Waals surface area contributed by atoms with Crippen LogP contribution in [-0.4, -0.2) is 107 Å². The Kier molecular flexibility index (Phi) is 15.8. The molecule has 2 aliphatic rings. The molecule has 7 N–H and O–H groups in total. The quantitative estimate of drug-likeness (QED) is 0.0334. The van der Waals surface area contributed by atoms with Crippen molar-refractivity contribution in [1.82, 2.24) is 31.2 Å². The molecule has 17 nitrogen and oxygen atoms in total. The van der Waals surface area contributed by atoms with Gasteiger partial charge in [0.05, 0.1) is 18.7 Å². The predicted molar refractivity (Wildman–Crippen MR) is 161 cm³/mol. The summed E-state index contributed by atoms with van der Waals surface area (Å²) in [7, 11) is 0. The number of nitrogens with two attached hydrogens (primary N) is 1. The number of hydrazine groups is 1. The van der Waals surface area contributed by atoms with Crippen LogP contribution >= 0.6 is 12.4 Å². The third-order valence-corrected chi connectivity index (χ3v) is 7.26. The van der Waals surface area contributed by atoms with Crippen molar-refractivity contribution in [2.75, 3.05) is 26.2 Å². The van der Waals surface area contributed by atoms with E-state index in [4.69, 9.17) is 15.9 Å². The van der Waals surface area contributed by atoms with Crippen LogP contribution in [0.3, 0.4) is 0 Å². The Morgan fingerprint density at radius 2 is 1.59 bits per heavy atom. The van der Waals surface area contributed by atoms with Crippen molar-refractivity contribution in [3.05, 3.63) is 10.1 Å². The molecule has 250 valence electrons. The normalized spacial score (nSPS) is 19.1. The number of nitrogens with one attached hydrogen (secondary N) is 5. The molecule has 2 saturated heterocycles. The van der Waals surface area contributed by atoms with Gasteiger partial charge in [0.25, 0.3) is 5.96 Å². The summed E-state index contributed by atoms with van der Waals surface area (Å²) in [6.45, 7) is 7.44. The molecule has 0 unspecified atom stereocenters. The number of amides is 4. The van der Waals surface area contributed by atoms with Gasteiger partial charge in [0, 0.05) is 19.6 Å². The zero-order valence-corrected chi connectivity index (χ0v) is 26.4. The van der Waals surface area contributed by atoms with E-state index in [1.54, 1.807) is 19.3 Å². The van der Waals surface area contributed by atoms with Crippen LogP contribution in [0.1, 0.15) is 66.2 Å². The van der Waals surface area contributed by atoms with E-state index in [1.165, 1.54) is 9.80 Å². The zero-order chi connectivity index (χ0) is 32.3. The Morgan fingerprint density at radius 1 is 1.00 bits per heavy atom. The predicted octanol–water partition coefficient (Wildman–Crippen LogP) is -0.988. The average Bonchev–Trinajstić information content (AvgIpc) is 3.62. The smallest absolute Gasteiger partial charge is 0.328 e. The molecule has 0 aromatic rings. The summed E-state index contributed by atoms with van der Waals surface area (Å²) in [6, 6.07) is -3.35. The lowest BCUT2D eigenvalue weighted by atomic mass is 10.0. The van der Waals surface area contributed by atoms with E-state index < -0.39 is 65.0 Å². The summed E-state index contributed by atoms with van der Waals surface area (Å²) >= 11 is 0. The second kappa shape index (κ2) is 18.2. The Morgan fingerprint density at radius 3 is 2.16 bits per heavy atom. The van der Waals surface area contributed by atoms with E-state index >= 15 is 0 Å². The van der Waals surface area contributed by atoms with E-state index in [9.17, 15) is 34.1 Å². The maximum Gasteiger partial charge on any atom is 0.328 e. The second-order valence-corrected chi connectivity index (χ2v) is 11.3. The van der Waals surface area contributed by atoms with Crippen LogP contribution in [0.5, 0.6) is 0 Å². The molecule has 4 amide bonds. The second-order valence-electron chi connectivity index (χ2n) is 11.3. The van der Waals surface area contributed by atoms with Gasteiger partial charge >= 0.3 is 5.97 Å². The van der Waals surface area contributed by atoms with Crippen molar-refractivity contribution in [2.45, 2.75) is 96.5 Å². The Labute approximate surface area is 262 Å². The first-order chi connectivity index (χ1) is 20.2. The number of halogens is 1. The van der Waals surface area contributed by atoms with Gasteiger partial charge in [0.15, 0.2) is 5.03 Å². The third-order valence-electron chi connectivity index (χ3n) is 7.26. The summed E-state index contributed by atoms with van der Waals surface area (Å²) < 4.78 is 5.27. The highest BCUT2D eigenvalue weighted by atomic mass is 35.5. The van der Waals surface area contributed by atoms with Crippen molar-refractivity contribution in [1.29, 1.82) is 5.41 Å². The van der Waals surface area contributed by atoms with Crippen LogP contribution in [-0.2, 0) is 28.7 Å². The van der Waals surface area contributed by atoms with E-state index in [0.717, 1.165) is 0 Å². The van der Waals surface area contributed by atoms with E-state index in [1.807, 2.05) is 13.8 Å². The first-order valence-electron chi connectivity index (χ1n) is 14.6. The van der Waals surface area contributed by atoms with Crippen molar-refractivity contribution >= 4 is 48.0 Å². The first kappa shape index (κ1) is 38.3. The lowest BCUT2D eigenvalue weighted by Crippen LogP contribution is -2.55. The number of guanidine groups is 1. The number of carbonyl (C=O) groups is 5. The van der Waals surface area contributed by atoms with Gasteiger partial charge in [-0.1, -0.05) is 19.3 Å². The van der Waals surface area contributed by atoms with Gasteiger partial charge in [0.2, 0.25) is 23.6 Å². The van der Waals surface area contributed by atoms with Gasteiger partial charge in [-0.3, -0.25) is 24.6 Å². The van der Waals surface area contributed by atoms with Gasteiger partial charge in [0.1, 0.15) is 18.1 Å². The average molecular weight is 648 g/mol. The van der Waals surface area contributed by atoms with Crippen LogP contribution < -0.4 is 27.1 Å². The van der Waals surface area contributed by atoms with Crippen LogP contribution in [0.4, 0.5) is 0 Å². The lowest BCUT2D eigenvalue weighted by Gasteiger charge is -2.29. The standard InChI is InChI=1S/C26H45N9O8.ClH/c1-15(2)21(27)24(39)34-13-7-9-18(34)22(37)30-14-20(36)33-12-6-10-19(33)23(38)31-17(25(40)43-16(3)4)8-5-11-29-26(28)32-35(41)42;/h15-19,21H,5-14,27H2,1-4H3,(H,30,37)(H,31,38)(H3,28,29,32);1H/t17-,18-,19-,21-;/m0./s1. The molecular formula is C26H46ClN9O8. The molecule has 0 aliphatic carbocycles. The maximum absolute atomic E-state index is 13.2. The largest absolute Gasteiger partial charge is 0.461 e. The molecule has 2 rings (SSSR count). The number of nitrogens with zero attached hydrogens (tertiary/aromatic N) is 3. The summed E-state index contributed by atoms with van der Waals surface area (Å²) in [5.74, 6) is -3.05. The molecule has 0 bridgehead atoms. The molecule has 44 heavy (non-hydrogen) atoms. The molecule has 2 aliphatic heterocycles. The van der Waals surface area contributed by atoms with Gasteiger partial charge in [-0.05, 0) is 58.3 Å². The minimum absolute atomic E-state index is 0. The van der Waals surface area contributed by atoms with Crippen LogP contribution in [0, 0.1) is 21.4 Å². The van der Waals surface area contributed by atoms with Gasteiger partial charge < -0.3 is 36.2 Å². The summed E-state index contributed by atoms with van der Waals surface area (Å²) in [5, 5.41) is 24.7. The minimum Gasteiger partial charge on any atom is -0.461 e. The molecule has 0 aromatic carbocycles. The fourth-order valence-corrected chi connectivity index (χ4v) is 4.98. The lowest BCUT2D eigenvalue weighted by molar-refractivity contribution is -0.525.